The van der Waals surface area contributed by atoms with Crippen molar-refractivity contribution in [1.82, 2.24) is 25.3 Å². The molecule has 1 aromatic carbocycles. The van der Waals surface area contributed by atoms with Gasteiger partial charge in [-0.25, -0.2) is 0 Å². The van der Waals surface area contributed by atoms with E-state index < -0.39 is 0 Å². The first-order valence-electron chi connectivity index (χ1n) is 10.2. The molecule has 2 N–H and O–H groups in total. The minimum Gasteiger partial charge on any atom is -0.357 e. The van der Waals surface area contributed by atoms with Crippen molar-refractivity contribution in [2.75, 3.05) is 26.2 Å². The Balaban J connectivity index is 0.00000320. The molecule has 1 aromatic heterocycles. The lowest BCUT2D eigenvalue weighted by molar-refractivity contribution is 0.0652. The number of hydrogen-bond acceptors (Lipinski definition) is 4. The van der Waals surface area contributed by atoms with Gasteiger partial charge >= 0.3 is 0 Å². The third-order valence-corrected chi connectivity index (χ3v) is 4.70. The van der Waals surface area contributed by atoms with Crippen LogP contribution in [0.3, 0.4) is 0 Å². The summed E-state index contributed by atoms with van der Waals surface area (Å²) in [4.78, 5) is 30.6. The van der Waals surface area contributed by atoms with Crippen molar-refractivity contribution in [3.8, 4) is 0 Å². The van der Waals surface area contributed by atoms with Crippen molar-refractivity contribution in [3.05, 3.63) is 53.9 Å². The fourth-order valence-electron chi connectivity index (χ4n) is 3.24. The van der Waals surface area contributed by atoms with Crippen molar-refractivity contribution >= 4 is 41.8 Å². The number of aryl methyl sites for hydroxylation is 1. The molecule has 0 atom stereocenters. The number of rotatable bonds is 10. The summed E-state index contributed by atoms with van der Waals surface area (Å²) in [6.07, 6.45) is 6.22. The highest BCUT2D eigenvalue weighted by Crippen LogP contribution is 2.22. The summed E-state index contributed by atoms with van der Waals surface area (Å²) < 4.78 is 1.90. The molecule has 0 bridgehead atoms. The molecule has 0 saturated carbocycles. The van der Waals surface area contributed by atoms with Crippen LogP contribution in [0.25, 0.3) is 0 Å². The van der Waals surface area contributed by atoms with Gasteiger partial charge in [-0.1, -0.05) is 12.1 Å². The Bertz CT molecular complexity index is 818. The van der Waals surface area contributed by atoms with Gasteiger partial charge in [-0.05, 0) is 44.4 Å². The number of benzene rings is 1. The van der Waals surface area contributed by atoms with Gasteiger partial charge in [0.15, 0.2) is 5.96 Å². The lowest BCUT2D eigenvalue weighted by Crippen LogP contribution is -2.38. The predicted molar refractivity (Wildman–Crippen MR) is 127 cm³/mol. The molecular weight excluding hydrogens is 495 g/mol. The van der Waals surface area contributed by atoms with Crippen LogP contribution in [0.4, 0.5) is 0 Å². The first-order chi connectivity index (χ1) is 14.2. The molecule has 0 aliphatic carbocycles. The van der Waals surface area contributed by atoms with Gasteiger partial charge in [-0.3, -0.25) is 24.2 Å². The van der Waals surface area contributed by atoms with E-state index in [0.717, 1.165) is 44.9 Å². The molecular formula is C21H29IN6O2. The van der Waals surface area contributed by atoms with Crippen LogP contribution in [0.1, 0.15) is 46.9 Å². The number of fused-ring (bicyclic) bond motifs is 1. The van der Waals surface area contributed by atoms with Gasteiger partial charge in [-0.2, -0.15) is 5.10 Å². The SMILES string of the molecule is CCNC(=NCCCn1cccn1)NCCCCN1C(=O)c2ccccc2C1=O.I. The van der Waals surface area contributed by atoms with Gasteiger partial charge in [-0.15, -0.1) is 24.0 Å². The molecule has 0 fully saturated rings. The van der Waals surface area contributed by atoms with Gasteiger partial charge in [0, 0.05) is 45.1 Å². The fraction of sp³-hybridized carbons (Fsp3) is 0.429. The van der Waals surface area contributed by atoms with Gasteiger partial charge in [0.2, 0.25) is 0 Å². The Labute approximate surface area is 194 Å². The highest BCUT2D eigenvalue weighted by molar-refractivity contribution is 14.0. The minimum atomic E-state index is -0.189. The Morgan fingerprint density at radius 3 is 2.37 bits per heavy atom. The van der Waals surface area contributed by atoms with Gasteiger partial charge in [0.1, 0.15) is 0 Å². The van der Waals surface area contributed by atoms with E-state index in [1.165, 1.54) is 4.90 Å². The lowest BCUT2D eigenvalue weighted by atomic mass is 10.1. The van der Waals surface area contributed by atoms with Gasteiger partial charge < -0.3 is 10.6 Å². The van der Waals surface area contributed by atoms with E-state index in [1.807, 2.05) is 23.9 Å². The second kappa shape index (κ2) is 12.3. The summed E-state index contributed by atoms with van der Waals surface area (Å²) in [6, 6.07) is 8.91. The summed E-state index contributed by atoms with van der Waals surface area (Å²) in [5, 5.41) is 10.7. The number of carbonyl (C=O) groups is 2. The van der Waals surface area contributed by atoms with Crippen molar-refractivity contribution in [2.45, 2.75) is 32.7 Å². The van der Waals surface area contributed by atoms with Gasteiger partial charge in [0.25, 0.3) is 11.8 Å². The average molecular weight is 524 g/mol. The Hall–Kier alpha value is -2.43. The van der Waals surface area contributed by atoms with E-state index in [0.29, 0.717) is 24.2 Å². The van der Waals surface area contributed by atoms with E-state index in [4.69, 9.17) is 0 Å². The molecule has 162 valence electrons. The predicted octanol–water partition coefficient (Wildman–Crippen LogP) is 2.52. The zero-order chi connectivity index (χ0) is 20.5. The molecule has 0 saturated heterocycles. The number of guanidine groups is 1. The molecule has 2 amide bonds. The fourth-order valence-corrected chi connectivity index (χ4v) is 3.24. The van der Waals surface area contributed by atoms with E-state index in [1.54, 1.807) is 30.5 Å². The van der Waals surface area contributed by atoms with Crippen molar-refractivity contribution in [2.24, 2.45) is 4.99 Å². The molecule has 1 aliphatic rings. The average Bonchev–Trinajstić information content (AvgIpc) is 3.33. The first kappa shape index (κ1) is 23.8. The number of aromatic nitrogens is 2. The van der Waals surface area contributed by atoms with Crippen LogP contribution in [0.15, 0.2) is 47.7 Å². The molecule has 9 heteroatoms. The molecule has 2 heterocycles. The van der Waals surface area contributed by atoms with E-state index >= 15 is 0 Å². The van der Waals surface area contributed by atoms with Crippen LogP contribution in [0, 0.1) is 0 Å². The molecule has 0 spiro atoms. The largest absolute Gasteiger partial charge is 0.357 e. The smallest absolute Gasteiger partial charge is 0.261 e. The minimum absolute atomic E-state index is 0. The van der Waals surface area contributed by atoms with E-state index in [-0.39, 0.29) is 35.8 Å². The molecule has 0 radical (unpaired) electrons. The molecule has 2 aromatic rings. The third-order valence-electron chi connectivity index (χ3n) is 4.70. The van der Waals surface area contributed by atoms with Crippen LogP contribution in [0.2, 0.25) is 0 Å². The van der Waals surface area contributed by atoms with Gasteiger partial charge in [0.05, 0.1) is 11.1 Å². The number of amides is 2. The maximum atomic E-state index is 12.4. The summed E-state index contributed by atoms with van der Waals surface area (Å²) in [7, 11) is 0. The maximum Gasteiger partial charge on any atom is 0.261 e. The highest BCUT2D eigenvalue weighted by Gasteiger charge is 2.34. The second-order valence-electron chi connectivity index (χ2n) is 6.82. The number of halogens is 1. The topological polar surface area (TPSA) is 91.6 Å². The zero-order valence-corrected chi connectivity index (χ0v) is 19.5. The normalized spacial score (nSPS) is 13.2. The summed E-state index contributed by atoms with van der Waals surface area (Å²) in [6.45, 7) is 5.55. The molecule has 1 aliphatic heterocycles. The van der Waals surface area contributed by atoms with Crippen LogP contribution in [0.5, 0.6) is 0 Å². The molecule has 30 heavy (non-hydrogen) atoms. The standard InChI is InChI=1S/C21H28N6O2.HI/c1-2-22-21(24-12-7-14-26-15-8-13-25-26)23-11-5-6-16-27-19(28)17-9-3-4-10-18(17)20(27)29;/h3-4,8-10,13,15H,2,5-7,11-12,14,16H2,1H3,(H2,22,23,24);1H. The lowest BCUT2D eigenvalue weighted by Gasteiger charge is -2.14. The summed E-state index contributed by atoms with van der Waals surface area (Å²) in [5.41, 5.74) is 1.01. The molecule has 3 rings (SSSR count). The first-order valence-corrected chi connectivity index (χ1v) is 10.2. The number of hydrogen-bond donors (Lipinski definition) is 2. The van der Waals surface area contributed by atoms with Crippen LogP contribution in [-0.2, 0) is 6.54 Å². The van der Waals surface area contributed by atoms with E-state index in [2.05, 4.69) is 20.7 Å². The number of unbranched alkanes of at least 4 members (excludes halogenated alkanes) is 1. The monoisotopic (exact) mass is 524 g/mol. The van der Waals surface area contributed by atoms with Crippen molar-refractivity contribution < 1.29 is 9.59 Å². The molecule has 8 nitrogen and oxygen atoms in total. The number of carbonyl (C=O) groups excluding carboxylic acids is 2. The van der Waals surface area contributed by atoms with Crippen molar-refractivity contribution in [3.63, 3.8) is 0 Å². The van der Waals surface area contributed by atoms with Crippen LogP contribution >= 0.6 is 24.0 Å². The molecule has 0 unspecified atom stereocenters. The number of nitrogens with zero attached hydrogens (tertiary/aromatic N) is 4. The highest BCUT2D eigenvalue weighted by atomic mass is 127. The van der Waals surface area contributed by atoms with E-state index in [9.17, 15) is 9.59 Å². The van der Waals surface area contributed by atoms with Crippen LogP contribution in [-0.4, -0.2) is 58.6 Å². The zero-order valence-electron chi connectivity index (χ0n) is 17.2. The Kier molecular flexibility index (Phi) is 9.78. The Morgan fingerprint density at radius 2 is 1.73 bits per heavy atom. The van der Waals surface area contributed by atoms with Crippen LogP contribution < -0.4 is 10.6 Å². The number of imide groups is 1. The Morgan fingerprint density at radius 1 is 1.00 bits per heavy atom. The number of nitrogens with one attached hydrogen (secondary N) is 2. The van der Waals surface area contributed by atoms with Crippen molar-refractivity contribution in [1.29, 1.82) is 0 Å². The third kappa shape index (κ3) is 6.28. The number of aliphatic imine (C=N–C) groups is 1. The quantitative estimate of drug-likeness (QED) is 0.164. The second-order valence-corrected chi connectivity index (χ2v) is 6.82. The maximum absolute atomic E-state index is 12.4. The summed E-state index contributed by atoms with van der Waals surface area (Å²) >= 11 is 0. The summed E-state index contributed by atoms with van der Waals surface area (Å²) in [5.74, 6) is 0.407.